The second kappa shape index (κ2) is 6.20. The summed E-state index contributed by atoms with van der Waals surface area (Å²) in [5.41, 5.74) is 1.90. The Morgan fingerprint density at radius 1 is 1.50 bits per heavy atom. The Bertz CT molecular complexity index is 631. The van der Waals surface area contributed by atoms with Crippen LogP contribution in [0, 0.1) is 15.9 Å². The fourth-order valence-electron chi connectivity index (χ4n) is 1.56. The molecule has 0 fully saturated rings. The van der Waals surface area contributed by atoms with E-state index >= 15 is 0 Å². The standard InChI is InChI=1S/C12H10FN3O3S/c13-10-2-1-8(5-11(10)16(18)19)12(17)14-4-3-9-6-20-7-15-9/h1-2,5-7H,3-4H2,(H,14,17). The second-order valence-corrected chi connectivity index (χ2v) is 4.63. The number of nitro groups is 1. The van der Waals surface area contributed by atoms with Gasteiger partial charge in [-0.25, -0.2) is 4.98 Å². The fourth-order valence-corrected chi connectivity index (χ4v) is 2.15. The molecule has 0 atom stereocenters. The van der Waals surface area contributed by atoms with Crippen molar-refractivity contribution in [2.45, 2.75) is 6.42 Å². The average Bonchev–Trinajstić information content (AvgIpc) is 2.92. The molecule has 0 radical (unpaired) electrons. The van der Waals surface area contributed by atoms with Gasteiger partial charge < -0.3 is 5.32 Å². The van der Waals surface area contributed by atoms with Gasteiger partial charge >= 0.3 is 5.69 Å². The molecule has 8 heteroatoms. The van der Waals surface area contributed by atoms with E-state index in [0.29, 0.717) is 13.0 Å². The molecule has 0 aliphatic carbocycles. The number of hydrogen-bond acceptors (Lipinski definition) is 5. The number of rotatable bonds is 5. The summed E-state index contributed by atoms with van der Waals surface area (Å²) in [4.78, 5) is 25.6. The van der Waals surface area contributed by atoms with Crippen molar-refractivity contribution in [1.82, 2.24) is 10.3 Å². The molecule has 104 valence electrons. The van der Waals surface area contributed by atoms with Crippen LogP contribution in [0.3, 0.4) is 0 Å². The van der Waals surface area contributed by atoms with E-state index in [-0.39, 0.29) is 5.56 Å². The number of amides is 1. The number of nitro benzene ring substituents is 1. The molecule has 1 heterocycles. The van der Waals surface area contributed by atoms with E-state index < -0.39 is 22.3 Å². The second-order valence-electron chi connectivity index (χ2n) is 3.91. The molecule has 0 aliphatic rings. The summed E-state index contributed by atoms with van der Waals surface area (Å²) in [7, 11) is 0. The van der Waals surface area contributed by atoms with Crippen molar-refractivity contribution in [1.29, 1.82) is 0 Å². The molecule has 2 rings (SSSR count). The lowest BCUT2D eigenvalue weighted by atomic mass is 10.2. The Morgan fingerprint density at radius 2 is 2.30 bits per heavy atom. The number of nitrogens with one attached hydrogen (secondary N) is 1. The Morgan fingerprint density at radius 3 is 2.95 bits per heavy atom. The number of aromatic nitrogens is 1. The lowest BCUT2D eigenvalue weighted by molar-refractivity contribution is -0.387. The fraction of sp³-hybridized carbons (Fsp3) is 0.167. The summed E-state index contributed by atoms with van der Waals surface area (Å²) >= 11 is 1.46. The summed E-state index contributed by atoms with van der Waals surface area (Å²) in [6, 6.07) is 3.04. The lowest BCUT2D eigenvalue weighted by Crippen LogP contribution is -2.25. The number of hydrogen-bond donors (Lipinski definition) is 1. The number of halogens is 1. The maximum absolute atomic E-state index is 13.1. The summed E-state index contributed by atoms with van der Waals surface area (Å²) in [5.74, 6) is -1.45. The van der Waals surface area contributed by atoms with Crippen LogP contribution in [-0.2, 0) is 6.42 Å². The van der Waals surface area contributed by atoms with Gasteiger partial charge in [0.2, 0.25) is 5.82 Å². The van der Waals surface area contributed by atoms with Gasteiger partial charge in [0.25, 0.3) is 5.91 Å². The van der Waals surface area contributed by atoms with Gasteiger partial charge in [-0.05, 0) is 12.1 Å². The normalized spacial score (nSPS) is 10.2. The molecule has 0 bridgehead atoms. The summed E-state index contributed by atoms with van der Waals surface area (Å²) in [5, 5.41) is 15.1. The van der Waals surface area contributed by atoms with E-state index in [2.05, 4.69) is 10.3 Å². The number of nitrogens with zero attached hydrogens (tertiary/aromatic N) is 2. The third-order valence-corrected chi connectivity index (χ3v) is 3.19. The Kier molecular flexibility index (Phi) is 4.36. The molecule has 6 nitrogen and oxygen atoms in total. The third-order valence-electron chi connectivity index (χ3n) is 2.56. The van der Waals surface area contributed by atoms with Gasteiger partial charge in [-0.15, -0.1) is 11.3 Å². The topological polar surface area (TPSA) is 85.1 Å². The molecular formula is C12H10FN3O3S. The third kappa shape index (κ3) is 3.35. The van der Waals surface area contributed by atoms with Crippen LogP contribution in [-0.4, -0.2) is 22.4 Å². The minimum atomic E-state index is -0.964. The smallest absolute Gasteiger partial charge is 0.305 e. The predicted molar refractivity (Wildman–Crippen MR) is 71.2 cm³/mol. The molecule has 1 N–H and O–H groups in total. The van der Waals surface area contributed by atoms with Crippen molar-refractivity contribution in [3.05, 3.63) is 56.3 Å². The van der Waals surface area contributed by atoms with Crippen LogP contribution < -0.4 is 5.32 Å². The molecule has 0 saturated carbocycles. The van der Waals surface area contributed by atoms with Gasteiger partial charge in [0.15, 0.2) is 0 Å². The van der Waals surface area contributed by atoms with E-state index in [1.54, 1.807) is 5.51 Å². The molecule has 0 saturated heterocycles. The molecule has 0 unspecified atom stereocenters. The van der Waals surface area contributed by atoms with Crippen molar-refractivity contribution in [2.75, 3.05) is 6.54 Å². The molecule has 2 aromatic rings. The number of benzene rings is 1. The van der Waals surface area contributed by atoms with Crippen LogP contribution in [0.25, 0.3) is 0 Å². The maximum Gasteiger partial charge on any atom is 0.305 e. The first kappa shape index (κ1) is 14.1. The summed E-state index contributed by atoms with van der Waals surface area (Å²) < 4.78 is 13.1. The van der Waals surface area contributed by atoms with Crippen LogP contribution >= 0.6 is 11.3 Å². The monoisotopic (exact) mass is 295 g/mol. The molecule has 1 aromatic heterocycles. The van der Waals surface area contributed by atoms with Gasteiger partial charge in [0, 0.05) is 30.0 Å². The van der Waals surface area contributed by atoms with Crippen LogP contribution in [0.15, 0.2) is 29.1 Å². The molecule has 1 aromatic carbocycles. The van der Waals surface area contributed by atoms with Gasteiger partial charge in [-0.1, -0.05) is 0 Å². The summed E-state index contributed by atoms with van der Waals surface area (Å²) in [6.45, 7) is 0.355. The van der Waals surface area contributed by atoms with E-state index in [0.717, 1.165) is 17.8 Å². The first-order chi connectivity index (χ1) is 9.58. The zero-order chi connectivity index (χ0) is 14.5. The van der Waals surface area contributed by atoms with E-state index in [1.807, 2.05) is 5.38 Å². The van der Waals surface area contributed by atoms with Crippen LogP contribution in [0.1, 0.15) is 16.1 Å². The number of carbonyl (C=O) groups excluding carboxylic acids is 1. The summed E-state index contributed by atoms with van der Waals surface area (Å²) in [6.07, 6.45) is 0.568. The average molecular weight is 295 g/mol. The lowest BCUT2D eigenvalue weighted by Gasteiger charge is -2.04. The highest BCUT2D eigenvalue weighted by Crippen LogP contribution is 2.18. The highest BCUT2D eigenvalue weighted by atomic mass is 32.1. The maximum atomic E-state index is 13.1. The number of carbonyl (C=O) groups is 1. The predicted octanol–water partition coefficient (Wildman–Crippen LogP) is 2.16. The molecule has 20 heavy (non-hydrogen) atoms. The van der Waals surface area contributed by atoms with Crippen molar-refractivity contribution in [2.24, 2.45) is 0 Å². The first-order valence-electron chi connectivity index (χ1n) is 5.67. The van der Waals surface area contributed by atoms with E-state index in [9.17, 15) is 19.3 Å². The van der Waals surface area contributed by atoms with Crippen molar-refractivity contribution in [3.63, 3.8) is 0 Å². The van der Waals surface area contributed by atoms with Gasteiger partial charge in [0.05, 0.1) is 16.1 Å². The van der Waals surface area contributed by atoms with E-state index in [1.165, 1.54) is 17.4 Å². The molecular weight excluding hydrogens is 285 g/mol. The van der Waals surface area contributed by atoms with Crippen molar-refractivity contribution < 1.29 is 14.1 Å². The highest BCUT2D eigenvalue weighted by Gasteiger charge is 2.17. The van der Waals surface area contributed by atoms with E-state index in [4.69, 9.17) is 0 Å². The van der Waals surface area contributed by atoms with Crippen LogP contribution in [0.4, 0.5) is 10.1 Å². The minimum Gasteiger partial charge on any atom is -0.352 e. The van der Waals surface area contributed by atoms with Gasteiger partial charge in [-0.3, -0.25) is 14.9 Å². The molecule has 0 spiro atoms. The molecule has 1 amide bonds. The zero-order valence-electron chi connectivity index (χ0n) is 10.2. The highest BCUT2D eigenvalue weighted by molar-refractivity contribution is 7.07. The quantitative estimate of drug-likeness (QED) is 0.676. The van der Waals surface area contributed by atoms with Crippen LogP contribution in [0.5, 0.6) is 0 Å². The van der Waals surface area contributed by atoms with Gasteiger partial charge in [0.1, 0.15) is 0 Å². The van der Waals surface area contributed by atoms with Crippen molar-refractivity contribution in [3.8, 4) is 0 Å². The zero-order valence-corrected chi connectivity index (χ0v) is 11.0. The Labute approximate surface area is 117 Å². The number of thiazole rings is 1. The molecule has 0 aliphatic heterocycles. The Hall–Kier alpha value is -2.35. The van der Waals surface area contributed by atoms with Gasteiger partial charge in [-0.2, -0.15) is 4.39 Å². The van der Waals surface area contributed by atoms with Crippen LogP contribution in [0.2, 0.25) is 0 Å². The minimum absolute atomic E-state index is 0.0522. The first-order valence-corrected chi connectivity index (χ1v) is 6.61. The SMILES string of the molecule is O=C(NCCc1cscn1)c1ccc(F)c([N+](=O)[O-])c1. The van der Waals surface area contributed by atoms with Crippen molar-refractivity contribution >= 4 is 22.9 Å². The Balaban J connectivity index is 1.98. The largest absolute Gasteiger partial charge is 0.352 e.